The number of H-pyrrole nitrogens is 1. The Labute approximate surface area is 150 Å². The highest BCUT2D eigenvalue weighted by molar-refractivity contribution is 6.12. The fourth-order valence-electron chi connectivity index (χ4n) is 3.49. The Bertz CT molecular complexity index is 1030. The molecule has 3 heterocycles. The Morgan fingerprint density at radius 2 is 1.88 bits per heavy atom. The molecule has 7 heteroatoms. The van der Waals surface area contributed by atoms with E-state index in [0.717, 1.165) is 13.1 Å². The van der Waals surface area contributed by atoms with Gasteiger partial charge in [-0.25, -0.2) is 4.98 Å². The predicted molar refractivity (Wildman–Crippen MR) is 102 cm³/mol. The van der Waals surface area contributed by atoms with E-state index in [4.69, 9.17) is 0 Å². The van der Waals surface area contributed by atoms with Crippen LogP contribution in [0.1, 0.15) is 28.9 Å². The number of hydrogen-bond acceptors (Lipinski definition) is 4. The van der Waals surface area contributed by atoms with Crippen molar-refractivity contribution < 1.29 is 4.79 Å². The van der Waals surface area contributed by atoms with Crippen LogP contribution in [0.3, 0.4) is 0 Å². The van der Waals surface area contributed by atoms with Gasteiger partial charge in [-0.15, -0.1) is 0 Å². The van der Waals surface area contributed by atoms with Crippen LogP contribution in [0.25, 0.3) is 11.0 Å². The number of fused-ring (bicyclic) bond motifs is 1. The van der Waals surface area contributed by atoms with Crippen LogP contribution in [-0.4, -0.2) is 33.8 Å². The lowest BCUT2D eigenvalue weighted by molar-refractivity contribution is 0.102. The standard InChI is InChI=1S/C19H21N5O2/c1-12-11-15(16-17(20-12)23(2)22-19(16)26)18(25)21-13-5-7-14(8-6-13)24-9-3-4-10-24/h5-8,11H,3-4,9-10H2,1-2H3,(H,21,25)(H,22,26). The Kier molecular flexibility index (Phi) is 3.99. The first-order valence-electron chi connectivity index (χ1n) is 8.75. The molecule has 1 saturated heterocycles. The molecule has 3 aromatic rings. The van der Waals surface area contributed by atoms with E-state index in [1.165, 1.54) is 23.2 Å². The number of nitrogens with zero attached hydrogens (tertiary/aromatic N) is 3. The summed E-state index contributed by atoms with van der Waals surface area (Å²) in [6.07, 6.45) is 2.45. The minimum Gasteiger partial charge on any atom is -0.372 e. The van der Waals surface area contributed by atoms with Crippen molar-refractivity contribution >= 4 is 28.3 Å². The molecule has 1 fully saturated rings. The molecule has 0 spiro atoms. The third-order valence-corrected chi connectivity index (χ3v) is 4.78. The first-order chi connectivity index (χ1) is 12.5. The molecule has 1 aliphatic rings. The molecular weight excluding hydrogens is 330 g/mol. The normalized spacial score (nSPS) is 14.2. The third kappa shape index (κ3) is 2.85. The van der Waals surface area contributed by atoms with Crippen molar-refractivity contribution in [3.8, 4) is 0 Å². The smallest absolute Gasteiger partial charge is 0.274 e. The number of pyridine rings is 1. The molecule has 0 bridgehead atoms. The summed E-state index contributed by atoms with van der Waals surface area (Å²) >= 11 is 0. The number of anilines is 2. The lowest BCUT2D eigenvalue weighted by Gasteiger charge is -2.17. The number of carbonyl (C=O) groups is 1. The van der Waals surface area contributed by atoms with Crippen LogP contribution >= 0.6 is 0 Å². The van der Waals surface area contributed by atoms with Gasteiger partial charge >= 0.3 is 0 Å². The fourth-order valence-corrected chi connectivity index (χ4v) is 3.49. The molecule has 1 amide bonds. The third-order valence-electron chi connectivity index (χ3n) is 4.78. The van der Waals surface area contributed by atoms with Crippen LogP contribution < -0.4 is 15.8 Å². The van der Waals surface area contributed by atoms with Gasteiger partial charge in [-0.3, -0.25) is 19.4 Å². The topological polar surface area (TPSA) is 83.0 Å². The van der Waals surface area contributed by atoms with Gasteiger partial charge in [-0.05, 0) is 50.1 Å². The molecule has 0 atom stereocenters. The molecule has 2 N–H and O–H groups in total. The second-order valence-electron chi connectivity index (χ2n) is 6.70. The highest BCUT2D eigenvalue weighted by Gasteiger charge is 2.18. The highest BCUT2D eigenvalue weighted by Crippen LogP contribution is 2.23. The SMILES string of the molecule is Cc1cc(C(=O)Nc2ccc(N3CCCC3)cc2)c2c(=O)[nH]n(C)c2n1. The minimum atomic E-state index is -0.315. The van der Waals surface area contributed by atoms with E-state index >= 15 is 0 Å². The Morgan fingerprint density at radius 3 is 2.58 bits per heavy atom. The first-order valence-corrected chi connectivity index (χ1v) is 8.75. The van der Waals surface area contributed by atoms with Crippen LogP contribution in [0.5, 0.6) is 0 Å². The van der Waals surface area contributed by atoms with Gasteiger partial charge in [-0.2, -0.15) is 0 Å². The van der Waals surface area contributed by atoms with Crippen LogP contribution in [-0.2, 0) is 7.05 Å². The monoisotopic (exact) mass is 351 g/mol. The number of nitrogens with one attached hydrogen (secondary N) is 2. The van der Waals surface area contributed by atoms with E-state index in [9.17, 15) is 9.59 Å². The van der Waals surface area contributed by atoms with Gasteiger partial charge in [0.05, 0.1) is 10.9 Å². The Morgan fingerprint density at radius 1 is 1.19 bits per heavy atom. The molecule has 26 heavy (non-hydrogen) atoms. The molecule has 4 rings (SSSR count). The second kappa shape index (κ2) is 6.33. The maximum absolute atomic E-state index is 12.8. The van der Waals surface area contributed by atoms with Crippen molar-refractivity contribution in [2.75, 3.05) is 23.3 Å². The van der Waals surface area contributed by atoms with Crippen LogP contribution in [0, 0.1) is 6.92 Å². The number of hydrogen-bond donors (Lipinski definition) is 2. The summed E-state index contributed by atoms with van der Waals surface area (Å²) in [7, 11) is 1.70. The van der Waals surface area contributed by atoms with Crippen LogP contribution in [0.4, 0.5) is 11.4 Å². The molecule has 134 valence electrons. The average molecular weight is 351 g/mol. The number of carbonyl (C=O) groups excluding carboxylic acids is 1. The summed E-state index contributed by atoms with van der Waals surface area (Å²) in [5, 5.41) is 5.85. The molecule has 1 aliphatic heterocycles. The van der Waals surface area contributed by atoms with Crippen molar-refractivity contribution in [3.63, 3.8) is 0 Å². The lowest BCUT2D eigenvalue weighted by Crippen LogP contribution is -2.18. The number of aromatic nitrogens is 3. The quantitative estimate of drug-likeness (QED) is 0.759. The Balaban J connectivity index is 1.62. The number of amides is 1. The average Bonchev–Trinajstić information content (AvgIpc) is 3.24. The molecule has 0 saturated carbocycles. The molecule has 0 unspecified atom stereocenters. The molecule has 0 aliphatic carbocycles. The van der Waals surface area contributed by atoms with E-state index in [1.54, 1.807) is 20.0 Å². The van der Waals surface area contributed by atoms with Crippen molar-refractivity contribution in [1.29, 1.82) is 0 Å². The fraction of sp³-hybridized carbons (Fsp3) is 0.316. The summed E-state index contributed by atoms with van der Waals surface area (Å²) in [4.78, 5) is 31.6. The predicted octanol–water partition coefficient (Wildman–Crippen LogP) is 2.42. The molecular formula is C19H21N5O2. The van der Waals surface area contributed by atoms with Gasteiger partial charge < -0.3 is 10.2 Å². The molecule has 1 aromatic carbocycles. The zero-order chi connectivity index (χ0) is 18.3. The van der Waals surface area contributed by atoms with Gasteiger partial charge in [0.1, 0.15) is 0 Å². The summed E-state index contributed by atoms with van der Waals surface area (Å²) in [6, 6.07) is 9.47. The minimum absolute atomic E-state index is 0.310. The van der Waals surface area contributed by atoms with E-state index in [-0.39, 0.29) is 11.5 Å². The molecule has 2 aromatic heterocycles. The zero-order valence-electron chi connectivity index (χ0n) is 14.9. The van der Waals surface area contributed by atoms with Crippen molar-refractivity contribution in [3.05, 3.63) is 51.9 Å². The van der Waals surface area contributed by atoms with Gasteiger partial charge in [0, 0.05) is 37.2 Å². The summed E-state index contributed by atoms with van der Waals surface area (Å²) in [5.41, 5.74) is 3.05. The maximum Gasteiger partial charge on any atom is 0.274 e. The van der Waals surface area contributed by atoms with Crippen molar-refractivity contribution in [1.82, 2.24) is 14.8 Å². The summed E-state index contributed by atoms with van der Waals surface area (Å²) < 4.78 is 1.53. The van der Waals surface area contributed by atoms with E-state index in [0.29, 0.717) is 28.0 Å². The van der Waals surface area contributed by atoms with Crippen LogP contribution in [0.2, 0.25) is 0 Å². The summed E-state index contributed by atoms with van der Waals surface area (Å²) in [5.74, 6) is -0.314. The van der Waals surface area contributed by atoms with E-state index in [2.05, 4.69) is 20.3 Å². The zero-order valence-corrected chi connectivity index (χ0v) is 14.9. The number of aromatic amines is 1. The highest BCUT2D eigenvalue weighted by atomic mass is 16.2. The van der Waals surface area contributed by atoms with Gasteiger partial charge in [0.25, 0.3) is 11.5 Å². The molecule has 0 radical (unpaired) electrons. The lowest BCUT2D eigenvalue weighted by atomic mass is 10.1. The Hall–Kier alpha value is -3.09. The maximum atomic E-state index is 12.8. The van der Waals surface area contributed by atoms with E-state index < -0.39 is 0 Å². The summed E-state index contributed by atoms with van der Waals surface area (Å²) in [6.45, 7) is 3.96. The van der Waals surface area contributed by atoms with Crippen LogP contribution in [0.15, 0.2) is 35.1 Å². The largest absolute Gasteiger partial charge is 0.372 e. The number of rotatable bonds is 3. The van der Waals surface area contributed by atoms with Crippen molar-refractivity contribution in [2.45, 2.75) is 19.8 Å². The van der Waals surface area contributed by atoms with Crippen molar-refractivity contribution in [2.24, 2.45) is 7.05 Å². The van der Waals surface area contributed by atoms with Gasteiger partial charge in [0.15, 0.2) is 5.65 Å². The first kappa shape index (κ1) is 16.4. The second-order valence-corrected chi connectivity index (χ2v) is 6.70. The number of aryl methyl sites for hydroxylation is 2. The number of benzene rings is 1. The van der Waals surface area contributed by atoms with Gasteiger partial charge in [-0.1, -0.05) is 0 Å². The van der Waals surface area contributed by atoms with E-state index in [1.807, 2.05) is 24.3 Å². The molecule has 7 nitrogen and oxygen atoms in total. The van der Waals surface area contributed by atoms with Gasteiger partial charge in [0.2, 0.25) is 0 Å².